The van der Waals surface area contributed by atoms with Crippen LogP contribution >= 0.6 is 0 Å². The molecule has 0 aliphatic rings. The van der Waals surface area contributed by atoms with E-state index in [1.807, 2.05) is 12.1 Å². The Labute approximate surface area is 177 Å². The molecule has 0 fully saturated rings. The fourth-order valence-electron chi connectivity index (χ4n) is 2.95. The highest BCUT2D eigenvalue weighted by Gasteiger charge is 2.34. The summed E-state index contributed by atoms with van der Waals surface area (Å²) < 4.78 is 50.1. The first-order chi connectivity index (χ1) is 14.7. The average molecular weight is 436 g/mol. The predicted molar refractivity (Wildman–Crippen MR) is 106 cm³/mol. The van der Waals surface area contributed by atoms with Gasteiger partial charge in [-0.25, -0.2) is 4.98 Å². The molecule has 0 radical (unpaired) electrons. The van der Waals surface area contributed by atoms with Crippen LogP contribution in [-0.2, 0) is 23.9 Å². The molecule has 0 spiro atoms. The zero-order chi connectivity index (χ0) is 22.6. The van der Waals surface area contributed by atoms with Gasteiger partial charge < -0.3 is 14.5 Å². The highest BCUT2D eigenvalue weighted by Crippen LogP contribution is 2.28. The number of methoxy groups -OCH3 is 1. The van der Waals surface area contributed by atoms with Gasteiger partial charge in [0.1, 0.15) is 12.0 Å². The van der Waals surface area contributed by atoms with Crippen molar-refractivity contribution in [2.75, 3.05) is 13.7 Å². The number of hydrogen-bond donors (Lipinski definition) is 1. The lowest BCUT2D eigenvalue weighted by Gasteiger charge is -2.13. The molecule has 10 heteroatoms. The van der Waals surface area contributed by atoms with Crippen LogP contribution in [0.25, 0.3) is 11.5 Å². The van der Waals surface area contributed by atoms with Crippen LogP contribution in [0.4, 0.5) is 13.2 Å². The van der Waals surface area contributed by atoms with Gasteiger partial charge in [-0.3, -0.25) is 9.48 Å². The summed E-state index contributed by atoms with van der Waals surface area (Å²) in [6.07, 6.45) is -2.53. The number of carbonyl (C=O) groups is 1. The normalized spacial score (nSPS) is 12.6. The third-order valence-corrected chi connectivity index (χ3v) is 4.74. The Bertz CT molecular complexity index is 1030. The van der Waals surface area contributed by atoms with E-state index in [2.05, 4.69) is 15.4 Å². The molecule has 3 aromatic rings. The lowest BCUT2D eigenvalue weighted by molar-refractivity contribution is -0.141. The van der Waals surface area contributed by atoms with Crippen molar-refractivity contribution in [2.24, 2.45) is 5.92 Å². The van der Waals surface area contributed by atoms with E-state index >= 15 is 0 Å². The number of carbonyl (C=O) groups excluding carboxylic acids is 1. The number of benzene rings is 1. The van der Waals surface area contributed by atoms with Crippen molar-refractivity contribution in [3.63, 3.8) is 0 Å². The molecule has 2 aromatic heterocycles. The van der Waals surface area contributed by atoms with Crippen LogP contribution in [0.1, 0.15) is 24.0 Å². The van der Waals surface area contributed by atoms with Crippen molar-refractivity contribution in [1.29, 1.82) is 0 Å². The van der Waals surface area contributed by atoms with Gasteiger partial charge in [0, 0.05) is 24.2 Å². The minimum atomic E-state index is -4.51. The highest BCUT2D eigenvalue weighted by atomic mass is 19.4. The van der Waals surface area contributed by atoms with Crippen LogP contribution in [0.3, 0.4) is 0 Å². The molecule has 0 bridgehead atoms. The molecule has 166 valence electrons. The van der Waals surface area contributed by atoms with Crippen LogP contribution in [0.2, 0.25) is 0 Å². The fourth-order valence-corrected chi connectivity index (χ4v) is 2.95. The van der Waals surface area contributed by atoms with E-state index in [0.29, 0.717) is 30.2 Å². The Morgan fingerprint density at radius 1 is 1.29 bits per heavy atom. The maximum absolute atomic E-state index is 12.8. The molecule has 1 atom stereocenters. The number of aryl methyl sites for hydroxylation is 1. The van der Waals surface area contributed by atoms with Gasteiger partial charge in [0.05, 0.1) is 25.3 Å². The monoisotopic (exact) mass is 436 g/mol. The number of amides is 1. The molecule has 2 heterocycles. The van der Waals surface area contributed by atoms with Gasteiger partial charge in [0.25, 0.3) is 0 Å². The van der Waals surface area contributed by atoms with E-state index < -0.39 is 17.8 Å². The third-order valence-electron chi connectivity index (χ3n) is 4.74. The molecule has 1 amide bonds. The van der Waals surface area contributed by atoms with Gasteiger partial charge in [-0.05, 0) is 37.3 Å². The summed E-state index contributed by atoms with van der Waals surface area (Å²) in [6, 6.07) is 8.24. The number of ether oxygens (including phenoxy) is 1. The molecule has 3 rings (SSSR count). The lowest BCUT2D eigenvalue weighted by atomic mass is 10.1. The Hall–Kier alpha value is -3.30. The first-order valence-corrected chi connectivity index (χ1v) is 9.65. The quantitative estimate of drug-likeness (QED) is 0.580. The molecule has 0 saturated carbocycles. The summed E-state index contributed by atoms with van der Waals surface area (Å²) >= 11 is 0. The molecule has 0 aliphatic heterocycles. The Balaban J connectivity index is 1.50. The van der Waals surface area contributed by atoms with Gasteiger partial charge >= 0.3 is 6.18 Å². The second-order valence-electron chi connectivity index (χ2n) is 7.17. The molecule has 1 aromatic carbocycles. The molecule has 1 unspecified atom stereocenters. The molecular weight excluding hydrogens is 413 g/mol. The summed E-state index contributed by atoms with van der Waals surface area (Å²) in [7, 11) is 1.59. The summed E-state index contributed by atoms with van der Waals surface area (Å²) in [4.78, 5) is 16.7. The van der Waals surface area contributed by atoms with E-state index in [-0.39, 0.29) is 12.5 Å². The van der Waals surface area contributed by atoms with Gasteiger partial charge in [-0.15, -0.1) is 0 Å². The maximum atomic E-state index is 12.8. The van der Waals surface area contributed by atoms with Gasteiger partial charge in [0.2, 0.25) is 11.8 Å². The average Bonchev–Trinajstić information content (AvgIpc) is 3.35. The fraction of sp³-hybridized carbons (Fsp3) is 0.381. The number of rotatable bonds is 8. The second kappa shape index (κ2) is 9.23. The van der Waals surface area contributed by atoms with Crippen molar-refractivity contribution >= 4 is 5.91 Å². The van der Waals surface area contributed by atoms with Gasteiger partial charge in [0.15, 0.2) is 5.69 Å². The SMILES string of the molecule is COc1ccc(-c2nc(CCNC(=O)C(C)Cn3nc(C(F)(F)F)cc3C)co2)cc1. The van der Waals surface area contributed by atoms with Gasteiger partial charge in [-0.2, -0.15) is 18.3 Å². The van der Waals surface area contributed by atoms with Crippen molar-refractivity contribution in [1.82, 2.24) is 20.1 Å². The number of halogens is 3. The highest BCUT2D eigenvalue weighted by molar-refractivity contribution is 5.78. The molecule has 0 aliphatic carbocycles. The summed E-state index contributed by atoms with van der Waals surface area (Å²) in [6.45, 7) is 3.54. The van der Waals surface area contributed by atoms with Crippen molar-refractivity contribution < 1.29 is 27.1 Å². The largest absolute Gasteiger partial charge is 0.497 e. The number of nitrogens with one attached hydrogen (secondary N) is 1. The first-order valence-electron chi connectivity index (χ1n) is 9.65. The van der Waals surface area contributed by atoms with Crippen LogP contribution in [0.15, 0.2) is 41.0 Å². The molecule has 0 saturated heterocycles. The van der Waals surface area contributed by atoms with Crippen LogP contribution in [0, 0.1) is 12.8 Å². The van der Waals surface area contributed by atoms with Gasteiger partial charge in [-0.1, -0.05) is 6.92 Å². The predicted octanol–water partition coefficient (Wildman–Crippen LogP) is 3.87. The lowest BCUT2D eigenvalue weighted by Crippen LogP contribution is -2.33. The number of alkyl halides is 3. The zero-order valence-corrected chi connectivity index (χ0v) is 17.4. The number of oxazole rings is 1. The Morgan fingerprint density at radius 2 is 2.00 bits per heavy atom. The molecule has 31 heavy (non-hydrogen) atoms. The standard InChI is InChI=1S/C21H23F3N4O3/c1-13(11-28-14(2)10-18(27-28)21(22,23)24)19(29)25-9-8-16-12-31-20(26-16)15-4-6-17(30-3)7-5-15/h4-7,10,12-13H,8-9,11H2,1-3H3,(H,25,29). The zero-order valence-electron chi connectivity index (χ0n) is 17.4. The summed E-state index contributed by atoms with van der Waals surface area (Å²) in [5.41, 5.74) is 0.867. The molecule has 1 N–H and O–H groups in total. The minimum Gasteiger partial charge on any atom is -0.497 e. The topological polar surface area (TPSA) is 82.2 Å². The van der Waals surface area contributed by atoms with Crippen molar-refractivity contribution in [3.05, 3.63) is 53.7 Å². The van der Waals surface area contributed by atoms with Crippen molar-refractivity contribution in [3.8, 4) is 17.2 Å². The van der Waals surface area contributed by atoms with E-state index in [4.69, 9.17) is 9.15 Å². The second-order valence-corrected chi connectivity index (χ2v) is 7.17. The third kappa shape index (κ3) is 5.65. The number of aromatic nitrogens is 3. The number of nitrogens with zero attached hydrogens (tertiary/aromatic N) is 3. The smallest absolute Gasteiger partial charge is 0.435 e. The maximum Gasteiger partial charge on any atom is 0.435 e. The van der Waals surface area contributed by atoms with E-state index in [0.717, 1.165) is 17.4 Å². The van der Waals surface area contributed by atoms with E-state index in [1.165, 1.54) is 17.9 Å². The summed E-state index contributed by atoms with van der Waals surface area (Å²) in [5, 5.41) is 6.33. The Morgan fingerprint density at radius 3 is 2.61 bits per heavy atom. The summed E-state index contributed by atoms with van der Waals surface area (Å²) in [5.74, 6) is 0.369. The van der Waals surface area contributed by atoms with Crippen LogP contribution in [-0.4, -0.2) is 34.3 Å². The number of hydrogen-bond acceptors (Lipinski definition) is 5. The van der Waals surface area contributed by atoms with Crippen molar-refractivity contribution in [2.45, 2.75) is 33.0 Å². The first kappa shape index (κ1) is 22.4. The molecular formula is C21H23F3N4O3. The van der Waals surface area contributed by atoms with E-state index in [9.17, 15) is 18.0 Å². The minimum absolute atomic E-state index is 0.0549. The molecule has 7 nitrogen and oxygen atoms in total. The van der Waals surface area contributed by atoms with Crippen LogP contribution in [0.5, 0.6) is 5.75 Å². The Kier molecular flexibility index (Phi) is 6.67. The van der Waals surface area contributed by atoms with E-state index in [1.54, 1.807) is 26.2 Å². The van der Waals surface area contributed by atoms with Crippen LogP contribution < -0.4 is 10.1 Å².